The third-order valence-electron chi connectivity index (χ3n) is 3.14. The first-order chi connectivity index (χ1) is 10.4. The summed E-state index contributed by atoms with van der Waals surface area (Å²) >= 11 is 0. The van der Waals surface area contributed by atoms with Gasteiger partial charge in [0.1, 0.15) is 5.69 Å². The molecule has 0 radical (unpaired) electrons. The second kappa shape index (κ2) is 8.25. The van der Waals surface area contributed by atoms with Gasteiger partial charge in [0, 0.05) is 19.2 Å². The number of aliphatic hydroxyl groups excluding tert-OH is 2. The number of hydrogen-bond acceptors (Lipinski definition) is 7. The summed E-state index contributed by atoms with van der Waals surface area (Å²) in [6.45, 7) is 2.31. The number of hydrogen-bond donors (Lipinski definition) is 2. The molecule has 0 bridgehead atoms. The zero-order chi connectivity index (χ0) is 16.7. The molecule has 0 saturated heterocycles. The average molecular weight is 313 g/mol. The van der Waals surface area contributed by atoms with E-state index in [2.05, 4.69) is 0 Å². The first-order valence-electron chi connectivity index (χ1n) is 6.87. The van der Waals surface area contributed by atoms with Crippen LogP contribution in [0.2, 0.25) is 0 Å². The van der Waals surface area contributed by atoms with Gasteiger partial charge in [-0.2, -0.15) is 0 Å². The first kappa shape index (κ1) is 17.8. The topological polar surface area (TPSA) is 130 Å². The van der Waals surface area contributed by atoms with Gasteiger partial charge < -0.3 is 15.1 Å². The van der Waals surface area contributed by atoms with Gasteiger partial charge in [0.2, 0.25) is 0 Å². The summed E-state index contributed by atoms with van der Waals surface area (Å²) in [5, 5.41) is 40.2. The maximum Gasteiger partial charge on any atom is 0.299 e. The standard InChI is InChI=1S/C13H19N3O6/c1-2-6-14(7-5-11(18)9-17)12-4-3-10(15(19)20)8-13(12)16(21)22/h3-4,8,11,17-18H,2,5-7,9H2,1H3. The van der Waals surface area contributed by atoms with Crippen molar-refractivity contribution in [3.05, 3.63) is 38.4 Å². The van der Waals surface area contributed by atoms with Gasteiger partial charge in [0.25, 0.3) is 11.4 Å². The van der Waals surface area contributed by atoms with Crippen LogP contribution in [-0.4, -0.2) is 45.9 Å². The van der Waals surface area contributed by atoms with Crippen LogP contribution in [0.5, 0.6) is 0 Å². The third kappa shape index (κ3) is 4.64. The van der Waals surface area contributed by atoms with Gasteiger partial charge in [-0.1, -0.05) is 6.92 Å². The fourth-order valence-electron chi connectivity index (χ4n) is 2.06. The Morgan fingerprint density at radius 1 is 1.23 bits per heavy atom. The summed E-state index contributed by atoms with van der Waals surface area (Å²) < 4.78 is 0. The predicted molar refractivity (Wildman–Crippen MR) is 80.0 cm³/mol. The summed E-state index contributed by atoms with van der Waals surface area (Å²) in [6, 6.07) is 3.49. The molecule has 1 unspecified atom stereocenters. The molecule has 9 nitrogen and oxygen atoms in total. The number of nitro groups is 2. The molecule has 0 aromatic heterocycles. The Morgan fingerprint density at radius 2 is 1.91 bits per heavy atom. The molecular weight excluding hydrogens is 294 g/mol. The Kier molecular flexibility index (Phi) is 6.67. The van der Waals surface area contributed by atoms with Crippen LogP contribution < -0.4 is 4.90 Å². The van der Waals surface area contributed by atoms with E-state index in [-0.39, 0.29) is 30.1 Å². The van der Waals surface area contributed by atoms with Crippen LogP contribution in [0.1, 0.15) is 19.8 Å². The number of nitro benzene ring substituents is 2. The van der Waals surface area contributed by atoms with Crippen molar-refractivity contribution in [2.75, 3.05) is 24.6 Å². The lowest BCUT2D eigenvalue weighted by atomic mass is 10.2. The molecule has 22 heavy (non-hydrogen) atoms. The molecule has 9 heteroatoms. The van der Waals surface area contributed by atoms with E-state index in [9.17, 15) is 25.3 Å². The van der Waals surface area contributed by atoms with Crippen molar-refractivity contribution in [3.8, 4) is 0 Å². The van der Waals surface area contributed by atoms with Crippen LogP contribution in [0.3, 0.4) is 0 Å². The molecule has 122 valence electrons. The molecule has 0 aliphatic carbocycles. The SMILES string of the molecule is CCCN(CCC(O)CO)c1ccc([N+](=O)[O-])cc1[N+](=O)[O-]. The molecule has 1 aromatic carbocycles. The van der Waals surface area contributed by atoms with Crippen LogP contribution in [0.25, 0.3) is 0 Å². The molecule has 0 aliphatic rings. The maximum absolute atomic E-state index is 11.2. The molecule has 0 amide bonds. The molecule has 0 fully saturated rings. The van der Waals surface area contributed by atoms with Crippen molar-refractivity contribution in [2.24, 2.45) is 0 Å². The normalized spacial score (nSPS) is 12.0. The Labute approximate surface area is 127 Å². The highest BCUT2D eigenvalue weighted by atomic mass is 16.6. The monoisotopic (exact) mass is 313 g/mol. The van der Waals surface area contributed by atoms with Crippen molar-refractivity contribution >= 4 is 17.1 Å². The minimum atomic E-state index is -0.906. The molecule has 0 saturated carbocycles. The van der Waals surface area contributed by atoms with Gasteiger partial charge in [0.15, 0.2) is 0 Å². The van der Waals surface area contributed by atoms with Crippen molar-refractivity contribution < 1.29 is 20.1 Å². The van der Waals surface area contributed by atoms with Gasteiger partial charge in [-0.25, -0.2) is 0 Å². The van der Waals surface area contributed by atoms with Crippen LogP contribution >= 0.6 is 0 Å². The van der Waals surface area contributed by atoms with E-state index in [4.69, 9.17) is 5.11 Å². The molecular formula is C13H19N3O6. The predicted octanol–water partition coefficient (Wildman–Crippen LogP) is 1.46. The molecule has 0 aliphatic heterocycles. The lowest BCUT2D eigenvalue weighted by Gasteiger charge is -2.24. The number of non-ortho nitro benzene ring substituents is 1. The Hall–Kier alpha value is -2.26. The molecule has 1 rings (SSSR count). The second-order valence-electron chi connectivity index (χ2n) is 4.80. The van der Waals surface area contributed by atoms with Gasteiger partial charge >= 0.3 is 0 Å². The summed E-state index contributed by atoms with van der Waals surface area (Å²) in [6.07, 6.45) is 0.0463. The van der Waals surface area contributed by atoms with Crippen LogP contribution in [0.4, 0.5) is 17.1 Å². The van der Waals surface area contributed by atoms with E-state index in [1.807, 2.05) is 6.92 Å². The largest absolute Gasteiger partial charge is 0.394 e. The van der Waals surface area contributed by atoms with E-state index >= 15 is 0 Å². The van der Waals surface area contributed by atoms with Gasteiger partial charge in [-0.3, -0.25) is 20.2 Å². The van der Waals surface area contributed by atoms with Crippen molar-refractivity contribution in [1.29, 1.82) is 0 Å². The number of benzene rings is 1. The van der Waals surface area contributed by atoms with Gasteiger partial charge in [-0.15, -0.1) is 0 Å². The van der Waals surface area contributed by atoms with Gasteiger partial charge in [-0.05, 0) is 18.9 Å². The number of aliphatic hydroxyl groups is 2. The minimum Gasteiger partial charge on any atom is -0.394 e. The maximum atomic E-state index is 11.2. The molecule has 2 N–H and O–H groups in total. The average Bonchev–Trinajstić information content (AvgIpc) is 2.50. The highest BCUT2D eigenvalue weighted by Gasteiger charge is 2.23. The van der Waals surface area contributed by atoms with Crippen LogP contribution in [0, 0.1) is 20.2 Å². The van der Waals surface area contributed by atoms with E-state index in [1.165, 1.54) is 12.1 Å². The van der Waals surface area contributed by atoms with Crippen LogP contribution in [-0.2, 0) is 0 Å². The lowest BCUT2D eigenvalue weighted by Crippen LogP contribution is -2.29. The second-order valence-corrected chi connectivity index (χ2v) is 4.80. The fraction of sp³-hybridized carbons (Fsp3) is 0.538. The molecule has 1 aromatic rings. The highest BCUT2D eigenvalue weighted by molar-refractivity contribution is 5.66. The molecule has 0 spiro atoms. The Morgan fingerprint density at radius 3 is 2.41 bits per heavy atom. The van der Waals surface area contributed by atoms with Crippen molar-refractivity contribution in [3.63, 3.8) is 0 Å². The van der Waals surface area contributed by atoms with Crippen LogP contribution in [0.15, 0.2) is 18.2 Å². The zero-order valence-electron chi connectivity index (χ0n) is 12.2. The molecule has 1 atom stereocenters. The van der Waals surface area contributed by atoms with Crippen molar-refractivity contribution in [2.45, 2.75) is 25.9 Å². The van der Waals surface area contributed by atoms with E-state index < -0.39 is 16.0 Å². The van der Waals surface area contributed by atoms with Crippen molar-refractivity contribution in [1.82, 2.24) is 0 Å². The number of anilines is 1. The van der Waals surface area contributed by atoms with E-state index in [1.54, 1.807) is 4.90 Å². The van der Waals surface area contributed by atoms with E-state index in [0.717, 1.165) is 6.07 Å². The summed E-state index contributed by atoms with van der Waals surface area (Å²) in [5.41, 5.74) is -0.425. The summed E-state index contributed by atoms with van der Waals surface area (Å²) in [7, 11) is 0. The third-order valence-corrected chi connectivity index (χ3v) is 3.14. The van der Waals surface area contributed by atoms with Gasteiger partial charge in [0.05, 0.1) is 28.6 Å². The summed E-state index contributed by atoms with van der Waals surface area (Å²) in [5.74, 6) is 0. The lowest BCUT2D eigenvalue weighted by molar-refractivity contribution is -0.393. The fourth-order valence-corrected chi connectivity index (χ4v) is 2.06. The smallest absolute Gasteiger partial charge is 0.299 e. The Bertz CT molecular complexity index is 537. The zero-order valence-corrected chi connectivity index (χ0v) is 12.2. The molecule has 0 heterocycles. The number of nitrogens with zero attached hydrogens (tertiary/aromatic N) is 3. The van der Waals surface area contributed by atoms with E-state index in [0.29, 0.717) is 19.5 Å². The summed E-state index contributed by atoms with van der Waals surface area (Å²) in [4.78, 5) is 22.2. The Balaban J connectivity index is 3.11. The highest BCUT2D eigenvalue weighted by Crippen LogP contribution is 2.32. The number of rotatable bonds is 9. The first-order valence-corrected chi connectivity index (χ1v) is 6.87. The minimum absolute atomic E-state index is 0.241. The quantitative estimate of drug-likeness (QED) is 0.521.